The van der Waals surface area contributed by atoms with E-state index in [1.807, 2.05) is 4.90 Å². The molecule has 4 heteroatoms. The summed E-state index contributed by atoms with van der Waals surface area (Å²) in [7, 11) is 0. The Kier molecular flexibility index (Phi) is 4.72. The van der Waals surface area contributed by atoms with Crippen molar-refractivity contribution < 1.29 is 9.59 Å². The number of nitrogens with zero attached hydrogens (tertiary/aromatic N) is 1. The minimum Gasteiger partial charge on any atom is -0.347 e. The van der Waals surface area contributed by atoms with E-state index in [1.54, 1.807) is 0 Å². The standard InChI is InChI=1S/C23H36N2O2/c26-21(13-23-10-16-7-17(11-23)9-18(8-16)12-23)24-14-22(27)25-6-5-19-3-1-2-4-20(19)15-25/h16-20H,1-15H2,(H,24,26)/t16?,17?,18?,19-,20-,23?/m0/s1. The Labute approximate surface area is 163 Å². The van der Waals surface area contributed by atoms with E-state index >= 15 is 0 Å². The van der Waals surface area contributed by atoms with Crippen molar-refractivity contribution in [3.8, 4) is 0 Å². The van der Waals surface area contributed by atoms with E-state index in [4.69, 9.17) is 0 Å². The lowest BCUT2D eigenvalue weighted by molar-refractivity contribution is -0.137. The molecule has 1 aliphatic heterocycles. The Morgan fingerprint density at radius 2 is 1.52 bits per heavy atom. The number of carbonyl (C=O) groups excluding carboxylic acids is 2. The number of amides is 2. The van der Waals surface area contributed by atoms with E-state index in [0.717, 1.165) is 43.2 Å². The molecule has 5 saturated carbocycles. The Bertz CT molecular complexity index is 566. The predicted octanol–water partition coefficient (Wildman–Crippen LogP) is 3.75. The van der Waals surface area contributed by atoms with Crippen LogP contribution in [0.4, 0.5) is 0 Å². The highest BCUT2D eigenvalue weighted by atomic mass is 16.2. The van der Waals surface area contributed by atoms with Gasteiger partial charge in [0.15, 0.2) is 0 Å². The molecule has 27 heavy (non-hydrogen) atoms. The summed E-state index contributed by atoms with van der Waals surface area (Å²) in [5.41, 5.74) is 0.266. The van der Waals surface area contributed by atoms with Crippen molar-refractivity contribution in [2.45, 2.75) is 77.0 Å². The average Bonchev–Trinajstić information content (AvgIpc) is 2.64. The number of piperidine rings is 1. The fourth-order valence-electron chi connectivity index (χ4n) is 8.02. The molecule has 0 aromatic carbocycles. The molecule has 0 aromatic rings. The molecule has 0 unspecified atom stereocenters. The molecule has 150 valence electrons. The van der Waals surface area contributed by atoms with Crippen LogP contribution in [0.2, 0.25) is 0 Å². The molecule has 4 bridgehead atoms. The lowest BCUT2D eigenvalue weighted by Crippen LogP contribution is -2.50. The van der Waals surface area contributed by atoms with Crippen molar-refractivity contribution in [1.82, 2.24) is 10.2 Å². The third-order valence-corrected chi connectivity index (χ3v) is 8.78. The largest absolute Gasteiger partial charge is 0.347 e. The van der Waals surface area contributed by atoms with Crippen LogP contribution in [0.3, 0.4) is 0 Å². The Hall–Kier alpha value is -1.06. The van der Waals surface area contributed by atoms with Gasteiger partial charge in [-0.1, -0.05) is 19.3 Å². The van der Waals surface area contributed by atoms with Gasteiger partial charge in [-0.15, -0.1) is 0 Å². The molecule has 6 aliphatic rings. The quantitative estimate of drug-likeness (QED) is 0.817. The van der Waals surface area contributed by atoms with Crippen molar-refractivity contribution in [3.63, 3.8) is 0 Å². The molecule has 2 atom stereocenters. The molecule has 0 aromatic heterocycles. The van der Waals surface area contributed by atoms with Gasteiger partial charge in [0.2, 0.25) is 11.8 Å². The summed E-state index contributed by atoms with van der Waals surface area (Å²) in [6, 6.07) is 0. The molecule has 2 amide bonds. The lowest BCUT2D eigenvalue weighted by Gasteiger charge is -2.56. The number of hydrogen-bond donors (Lipinski definition) is 1. The number of fused-ring (bicyclic) bond motifs is 1. The van der Waals surface area contributed by atoms with Crippen LogP contribution in [0.1, 0.15) is 77.0 Å². The molecule has 6 rings (SSSR count). The van der Waals surface area contributed by atoms with Gasteiger partial charge in [-0.3, -0.25) is 9.59 Å². The molecule has 1 heterocycles. The summed E-state index contributed by atoms with van der Waals surface area (Å²) in [5.74, 6) is 4.44. The summed E-state index contributed by atoms with van der Waals surface area (Å²) in [6.45, 7) is 2.03. The van der Waals surface area contributed by atoms with Crippen LogP contribution in [-0.2, 0) is 9.59 Å². The van der Waals surface area contributed by atoms with E-state index in [1.165, 1.54) is 64.2 Å². The Morgan fingerprint density at radius 3 is 2.19 bits per heavy atom. The van der Waals surface area contributed by atoms with E-state index in [0.29, 0.717) is 12.3 Å². The molecule has 1 saturated heterocycles. The SMILES string of the molecule is O=C(CC12CC3CC(CC(C3)C1)C2)NCC(=O)N1CC[C@@H]2CCCC[C@H]2C1. The maximum atomic E-state index is 12.7. The third kappa shape index (κ3) is 3.65. The zero-order valence-corrected chi connectivity index (χ0v) is 16.8. The minimum atomic E-state index is 0.123. The first-order valence-corrected chi connectivity index (χ1v) is 11.6. The highest BCUT2D eigenvalue weighted by Crippen LogP contribution is 2.61. The predicted molar refractivity (Wildman–Crippen MR) is 105 cm³/mol. The van der Waals surface area contributed by atoms with Crippen LogP contribution in [0.5, 0.6) is 0 Å². The number of carbonyl (C=O) groups is 2. The smallest absolute Gasteiger partial charge is 0.241 e. The highest BCUT2D eigenvalue weighted by Gasteiger charge is 2.51. The molecule has 4 nitrogen and oxygen atoms in total. The normalized spacial score (nSPS) is 42.7. The van der Waals surface area contributed by atoms with Gasteiger partial charge in [-0.05, 0) is 86.4 Å². The summed E-state index contributed by atoms with van der Waals surface area (Å²) in [6.07, 6.45) is 15.2. The topological polar surface area (TPSA) is 49.4 Å². The van der Waals surface area contributed by atoms with Gasteiger partial charge in [-0.25, -0.2) is 0 Å². The van der Waals surface area contributed by atoms with Crippen molar-refractivity contribution in [1.29, 1.82) is 0 Å². The van der Waals surface area contributed by atoms with Crippen molar-refractivity contribution >= 4 is 11.8 Å². The van der Waals surface area contributed by atoms with E-state index < -0.39 is 0 Å². The van der Waals surface area contributed by atoms with Crippen LogP contribution in [0, 0.1) is 35.0 Å². The summed E-state index contributed by atoms with van der Waals surface area (Å²) >= 11 is 0. The summed E-state index contributed by atoms with van der Waals surface area (Å²) < 4.78 is 0. The molecule has 0 spiro atoms. The van der Waals surface area contributed by atoms with Crippen LogP contribution >= 0.6 is 0 Å². The van der Waals surface area contributed by atoms with E-state index in [2.05, 4.69) is 5.32 Å². The number of nitrogens with one attached hydrogen (secondary N) is 1. The first-order valence-electron chi connectivity index (χ1n) is 11.6. The molecular weight excluding hydrogens is 336 g/mol. The molecule has 1 N–H and O–H groups in total. The highest BCUT2D eigenvalue weighted by molar-refractivity contribution is 5.85. The zero-order valence-electron chi connectivity index (χ0n) is 16.8. The van der Waals surface area contributed by atoms with E-state index in [-0.39, 0.29) is 23.8 Å². The fourth-order valence-corrected chi connectivity index (χ4v) is 8.02. The third-order valence-electron chi connectivity index (χ3n) is 8.78. The van der Waals surface area contributed by atoms with Gasteiger partial charge >= 0.3 is 0 Å². The maximum absolute atomic E-state index is 12.7. The van der Waals surface area contributed by atoms with Gasteiger partial charge in [0.25, 0.3) is 0 Å². The van der Waals surface area contributed by atoms with Crippen LogP contribution in [-0.4, -0.2) is 36.3 Å². The molecule has 5 aliphatic carbocycles. The van der Waals surface area contributed by atoms with Crippen molar-refractivity contribution in [2.75, 3.05) is 19.6 Å². The second-order valence-electron chi connectivity index (χ2n) is 10.8. The Morgan fingerprint density at radius 1 is 0.889 bits per heavy atom. The second-order valence-corrected chi connectivity index (χ2v) is 10.8. The second kappa shape index (κ2) is 7.08. The average molecular weight is 373 g/mol. The van der Waals surface area contributed by atoms with Gasteiger partial charge in [0.05, 0.1) is 6.54 Å². The first kappa shape index (κ1) is 18.0. The van der Waals surface area contributed by atoms with Crippen molar-refractivity contribution in [3.05, 3.63) is 0 Å². The fraction of sp³-hybridized carbons (Fsp3) is 0.913. The molecular formula is C23H36N2O2. The van der Waals surface area contributed by atoms with Crippen LogP contribution < -0.4 is 5.32 Å². The molecule has 6 fully saturated rings. The maximum Gasteiger partial charge on any atom is 0.241 e. The first-order chi connectivity index (χ1) is 13.1. The van der Waals surface area contributed by atoms with Gasteiger partial charge in [-0.2, -0.15) is 0 Å². The lowest BCUT2D eigenvalue weighted by atomic mass is 9.49. The number of rotatable bonds is 4. The summed E-state index contributed by atoms with van der Waals surface area (Å²) in [5, 5.41) is 3.00. The minimum absolute atomic E-state index is 0.123. The monoisotopic (exact) mass is 372 g/mol. The van der Waals surface area contributed by atoms with Gasteiger partial charge in [0, 0.05) is 19.5 Å². The molecule has 0 radical (unpaired) electrons. The zero-order chi connectivity index (χ0) is 18.4. The number of hydrogen-bond acceptors (Lipinski definition) is 2. The van der Waals surface area contributed by atoms with E-state index in [9.17, 15) is 9.59 Å². The summed E-state index contributed by atoms with van der Waals surface area (Å²) in [4.78, 5) is 27.3. The van der Waals surface area contributed by atoms with Crippen LogP contribution in [0.25, 0.3) is 0 Å². The number of likely N-dealkylation sites (tertiary alicyclic amines) is 1. The van der Waals surface area contributed by atoms with Crippen LogP contribution in [0.15, 0.2) is 0 Å². The van der Waals surface area contributed by atoms with Gasteiger partial charge < -0.3 is 10.2 Å². The van der Waals surface area contributed by atoms with Gasteiger partial charge in [0.1, 0.15) is 0 Å². The Balaban J connectivity index is 1.11. The van der Waals surface area contributed by atoms with Crippen molar-refractivity contribution in [2.24, 2.45) is 35.0 Å².